The van der Waals surface area contributed by atoms with Gasteiger partial charge in [0.15, 0.2) is 0 Å². The van der Waals surface area contributed by atoms with Crippen molar-refractivity contribution in [1.82, 2.24) is 26.4 Å². The molecule has 1 aliphatic carbocycles. The first-order valence-electron chi connectivity index (χ1n) is 11.2. The normalized spacial score (nSPS) is 27.2. The third-order valence-corrected chi connectivity index (χ3v) is 6.69. The highest BCUT2D eigenvalue weighted by Crippen LogP contribution is 2.35. The number of anilines is 1. The number of cyclic esters (lactones) is 1. The fourth-order valence-corrected chi connectivity index (χ4v) is 5.22. The number of hydrogen-bond donors (Lipinski definition) is 4. The molecule has 162 valence electrons. The van der Waals surface area contributed by atoms with Crippen molar-refractivity contribution in [1.29, 1.82) is 0 Å². The number of aryl methyl sites for hydroxylation is 1. The second-order valence-electron chi connectivity index (χ2n) is 8.58. The molecule has 3 aliphatic heterocycles. The molecule has 1 amide bonds. The third kappa shape index (κ3) is 3.69. The lowest BCUT2D eigenvalue weighted by molar-refractivity contribution is 0.141. The van der Waals surface area contributed by atoms with Gasteiger partial charge >= 0.3 is 6.09 Å². The summed E-state index contributed by atoms with van der Waals surface area (Å²) in [4.78, 5) is 16.8. The summed E-state index contributed by atoms with van der Waals surface area (Å²) >= 11 is 0. The van der Waals surface area contributed by atoms with Crippen LogP contribution in [0.2, 0.25) is 0 Å². The Kier molecular flexibility index (Phi) is 5.64. The Morgan fingerprint density at radius 1 is 1.23 bits per heavy atom. The first-order chi connectivity index (χ1) is 14.7. The summed E-state index contributed by atoms with van der Waals surface area (Å²) in [5.41, 5.74) is 13.2. The van der Waals surface area contributed by atoms with E-state index in [1.54, 1.807) is 4.90 Å². The average molecular weight is 413 g/mol. The van der Waals surface area contributed by atoms with E-state index < -0.39 is 0 Å². The first kappa shape index (κ1) is 19.8. The van der Waals surface area contributed by atoms with E-state index in [9.17, 15) is 4.79 Å². The first-order valence-corrected chi connectivity index (χ1v) is 11.2. The Hall–Kier alpha value is -2.13. The zero-order valence-corrected chi connectivity index (χ0v) is 17.7. The molecule has 4 N–H and O–H groups in total. The van der Waals surface area contributed by atoms with Crippen LogP contribution in [0, 0.1) is 0 Å². The van der Waals surface area contributed by atoms with E-state index in [0.29, 0.717) is 19.1 Å². The van der Waals surface area contributed by atoms with Gasteiger partial charge in [0.2, 0.25) is 0 Å². The van der Waals surface area contributed by atoms with Crippen molar-refractivity contribution in [2.24, 2.45) is 0 Å². The van der Waals surface area contributed by atoms with Crippen molar-refractivity contribution in [2.75, 3.05) is 57.8 Å². The summed E-state index contributed by atoms with van der Waals surface area (Å²) in [5.74, 6) is 0. The molecule has 2 saturated heterocycles. The lowest BCUT2D eigenvalue weighted by Crippen LogP contribution is -2.56. The summed E-state index contributed by atoms with van der Waals surface area (Å²) < 4.78 is 5.49. The largest absolute Gasteiger partial charge is 0.443 e. The highest BCUT2D eigenvalue weighted by molar-refractivity contribution is 5.90. The minimum absolute atomic E-state index is 0.0976. The number of hydrogen-bond acceptors (Lipinski definition) is 7. The van der Waals surface area contributed by atoms with Gasteiger partial charge in [0, 0.05) is 56.6 Å². The Bertz CT molecular complexity index is 835. The lowest BCUT2D eigenvalue weighted by Gasteiger charge is -2.40. The van der Waals surface area contributed by atoms with E-state index in [-0.39, 0.29) is 12.2 Å². The van der Waals surface area contributed by atoms with Gasteiger partial charge in [-0.1, -0.05) is 6.07 Å². The van der Waals surface area contributed by atoms with Crippen LogP contribution in [0.15, 0.2) is 23.8 Å². The molecule has 3 heterocycles. The molecular formula is C22H32N6O2. The number of ether oxygens (including phenoxy) is 1. The Balaban J connectivity index is 1.43. The Morgan fingerprint density at radius 2 is 2.10 bits per heavy atom. The molecule has 8 nitrogen and oxygen atoms in total. The molecule has 0 bridgehead atoms. The fraction of sp³-hybridized carbons (Fsp3) is 0.591. The minimum atomic E-state index is -0.250. The van der Waals surface area contributed by atoms with Crippen molar-refractivity contribution in [3.63, 3.8) is 0 Å². The molecule has 2 fully saturated rings. The van der Waals surface area contributed by atoms with Gasteiger partial charge in [0.1, 0.15) is 6.10 Å². The number of fused-ring (bicyclic) bond motifs is 2. The molecule has 1 aromatic carbocycles. The molecule has 2 atom stereocenters. The van der Waals surface area contributed by atoms with Crippen molar-refractivity contribution >= 4 is 17.5 Å². The standard InChI is InChI=1S/C22H32N6O2/c1-23-12-17-14-28(22(29)30-17)16-5-6-18-15(11-16)3-2-4-19-20(13-25-26-21(18)19)27-9-7-24-8-10-27/h5-6,11,17,20,23-26H,2-4,7-10,12-14H2,1H3. The molecule has 0 radical (unpaired) electrons. The second-order valence-corrected chi connectivity index (χ2v) is 8.58. The van der Waals surface area contributed by atoms with Crippen LogP contribution < -0.4 is 26.4 Å². The summed E-state index contributed by atoms with van der Waals surface area (Å²) in [6.45, 7) is 6.53. The molecule has 5 rings (SSSR count). The highest BCUT2D eigenvalue weighted by Gasteiger charge is 2.34. The number of carbonyl (C=O) groups excluding carboxylic acids is 1. The van der Waals surface area contributed by atoms with E-state index in [2.05, 4.69) is 44.6 Å². The van der Waals surface area contributed by atoms with Crippen LogP contribution in [0.5, 0.6) is 0 Å². The van der Waals surface area contributed by atoms with Gasteiger partial charge in [0.25, 0.3) is 0 Å². The number of benzene rings is 1. The van der Waals surface area contributed by atoms with Crippen LogP contribution in [-0.4, -0.2) is 76.0 Å². The number of nitrogens with zero attached hydrogens (tertiary/aromatic N) is 2. The zero-order chi connectivity index (χ0) is 20.5. The van der Waals surface area contributed by atoms with Gasteiger partial charge in [-0.25, -0.2) is 10.2 Å². The Morgan fingerprint density at radius 3 is 2.93 bits per heavy atom. The predicted molar refractivity (Wildman–Crippen MR) is 117 cm³/mol. The number of hydrazine groups is 1. The van der Waals surface area contributed by atoms with Crippen LogP contribution in [0.25, 0.3) is 5.70 Å². The van der Waals surface area contributed by atoms with E-state index in [1.807, 2.05) is 7.05 Å². The molecule has 30 heavy (non-hydrogen) atoms. The second kappa shape index (κ2) is 8.55. The maximum Gasteiger partial charge on any atom is 0.414 e. The SMILES string of the molecule is CNCC1CN(c2ccc3c(c2)CCCC2=C3NNCC2N2CCNCC2)C(=O)O1. The van der Waals surface area contributed by atoms with Crippen LogP contribution in [0.3, 0.4) is 0 Å². The summed E-state index contributed by atoms with van der Waals surface area (Å²) in [6.07, 6.45) is 2.92. The van der Waals surface area contributed by atoms with Crippen LogP contribution in [0.1, 0.15) is 24.0 Å². The molecule has 0 aromatic heterocycles. The Labute approximate surface area is 178 Å². The molecule has 4 aliphatic rings. The van der Waals surface area contributed by atoms with Crippen molar-refractivity contribution in [2.45, 2.75) is 31.4 Å². The van der Waals surface area contributed by atoms with Gasteiger partial charge in [0.05, 0.1) is 12.2 Å². The topological polar surface area (TPSA) is 80.9 Å². The lowest BCUT2D eigenvalue weighted by atomic mass is 9.94. The number of likely N-dealkylation sites (N-methyl/N-ethyl adjacent to an activating group) is 1. The number of piperazine rings is 1. The molecule has 8 heteroatoms. The summed E-state index contributed by atoms with van der Waals surface area (Å²) in [7, 11) is 1.88. The molecule has 0 saturated carbocycles. The van der Waals surface area contributed by atoms with Crippen LogP contribution in [0.4, 0.5) is 10.5 Å². The van der Waals surface area contributed by atoms with Crippen molar-refractivity contribution in [3.8, 4) is 0 Å². The monoisotopic (exact) mass is 412 g/mol. The van der Waals surface area contributed by atoms with Crippen LogP contribution >= 0.6 is 0 Å². The van der Waals surface area contributed by atoms with Gasteiger partial charge in [-0.15, -0.1) is 0 Å². The van der Waals surface area contributed by atoms with Crippen LogP contribution in [-0.2, 0) is 11.2 Å². The molecule has 2 unspecified atom stereocenters. The molecule has 0 spiro atoms. The van der Waals surface area contributed by atoms with E-state index in [4.69, 9.17) is 4.74 Å². The number of nitrogens with one attached hydrogen (secondary N) is 4. The van der Waals surface area contributed by atoms with Gasteiger partial charge < -0.3 is 20.8 Å². The average Bonchev–Trinajstić information content (AvgIpc) is 3.04. The zero-order valence-electron chi connectivity index (χ0n) is 17.7. The summed E-state index contributed by atoms with van der Waals surface area (Å²) in [5, 5.41) is 6.55. The fourth-order valence-electron chi connectivity index (χ4n) is 5.22. The van der Waals surface area contributed by atoms with E-state index >= 15 is 0 Å². The molecular weight excluding hydrogens is 380 g/mol. The maximum atomic E-state index is 12.4. The number of amides is 1. The molecule has 1 aromatic rings. The quantitative estimate of drug-likeness (QED) is 0.579. The predicted octanol–water partition coefficient (Wildman–Crippen LogP) is 0.660. The number of carbonyl (C=O) groups is 1. The maximum absolute atomic E-state index is 12.4. The van der Waals surface area contributed by atoms with Crippen molar-refractivity contribution < 1.29 is 9.53 Å². The smallest absolute Gasteiger partial charge is 0.414 e. The van der Waals surface area contributed by atoms with Gasteiger partial charge in [-0.05, 0) is 49.6 Å². The summed E-state index contributed by atoms with van der Waals surface area (Å²) in [6, 6.07) is 6.88. The van der Waals surface area contributed by atoms with E-state index in [1.165, 1.54) is 22.4 Å². The van der Waals surface area contributed by atoms with Gasteiger partial charge in [-0.3, -0.25) is 9.80 Å². The van der Waals surface area contributed by atoms with Crippen molar-refractivity contribution in [3.05, 3.63) is 34.9 Å². The van der Waals surface area contributed by atoms with E-state index in [0.717, 1.165) is 57.7 Å². The number of rotatable bonds is 4. The highest BCUT2D eigenvalue weighted by atomic mass is 16.6. The minimum Gasteiger partial charge on any atom is -0.443 e. The third-order valence-electron chi connectivity index (χ3n) is 6.69. The van der Waals surface area contributed by atoms with Gasteiger partial charge in [-0.2, -0.15) is 0 Å².